The number of nitrogens with two attached hydrogens (primary N) is 1. The predicted molar refractivity (Wildman–Crippen MR) is 117 cm³/mol. The Morgan fingerprint density at radius 1 is 1.17 bits per heavy atom. The molecule has 0 bridgehead atoms. The summed E-state index contributed by atoms with van der Waals surface area (Å²) in [5, 5.41) is 0.557. The van der Waals surface area contributed by atoms with Crippen LogP contribution in [0.15, 0.2) is 29.1 Å². The standard InChI is InChI=1S/C22H34N4O4/c1-17(25(20(27)16-30-3)13-9-5-4-8-12-23)21-24-19-11-7-6-10-18(19)22(28)26(21)14-15-29-2/h6-7,10-11,17H,4-5,8-9,12-16,23H2,1-3H3/t17-/m0/s1. The summed E-state index contributed by atoms with van der Waals surface area (Å²) in [6.07, 6.45) is 3.85. The lowest BCUT2D eigenvalue weighted by molar-refractivity contribution is -0.137. The van der Waals surface area contributed by atoms with Crippen molar-refractivity contribution >= 4 is 16.8 Å². The quantitative estimate of drug-likeness (QED) is 0.500. The van der Waals surface area contributed by atoms with Crippen molar-refractivity contribution < 1.29 is 14.3 Å². The normalized spacial score (nSPS) is 12.3. The Balaban J connectivity index is 2.39. The van der Waals surface area contributed by atoms with E-state index in [2.05, 4.69) is 0 Å². The van der Waals surface area contributed by atoms with Gasteiger partial charge < -0.3 is 20.1 Å². The lowest BCUT2D eigenvalue weighted by Gasteiger charge is -2.30. The van der Waals surface area contributed by atoms with Crippen molar-refractivity contribution in [3.8, 4) is 0 Å². The maximum Gasteiger partial charge on any atom is 0.261 e. The molecule has 1 atom stereocenters. The van der Waals surface area contributed by atoms with Crippen LogP contribution in [0.4, 0.5) is 0 Å². The van der Waals surface area contributed by atoms with E-state index in [9.17, 15) is 9.59 Å². The molecule has 2 aromatic rings. The van der Waals surface area contributed by atoms with Gasteiger partial charge in [-0.05, 0) is 38.4 Å². The van der Waals surface area contributed by atoms with Crippen LogP contribution < -0.4 is 11.3 Å². The van der Waals surface area contributed by atoms with Gasteiger partial charge >= 0.3 is 0 Å². The van der Waals surface area contributed by atoms with Gasteiger partial charge in [-0.2, -0.15) is 0 Å². The van der Waals surface area contributed by atoms with Crippen LogP contribution in [0.1, 0.15) is 44.5 Å². The molecule has 0 saturated heterocycles. The predicted octanol–water partition coefficient (Wildman–Crippen LogP) is 2.10. The highest BCUT2D eigenvalue weighted by Gasteiger charge is 2.25. The fourth-order valence-electron chi connectivity index (χ4n) is 3.56. The van der Waals surface area contributed by atoms with Crippen molar-refractivity contribution in [3.05, 3.63) is 40.4 Å². The highest BCUT2D eigenvalue weighted by atomic mass is 16.5. The molecule has 0 unspecified atom stereocenters. The highest BCUT2D eigenvalue weighted by Crippen LogP contribution is 2.21. The molecular weight excluding hydrogens is 384 g/mol. The third-order valence-electron chi connectivity index (χ3n) is 5.19. The zero-order valence-electron chi connectivity index (χ0n) is 18.3. The lowest BCUT2D eigenvalue weighted by Crippen LogP contribution is -2.40. The number of rotatable bonds is 13. The second-order valence-corrected chi connectivity index (χ2v) is 7.34. The molecule has 1 heterocycles. The number of para-hydroxylation sites is 1. The first kappa shape index (κ1) is 24.0. The Labute approximate surface area is 178 Å². The first-order chi connectivity index (χ1) is 14.5. The Morgan fingerprint density at radius 2 is 1.90 bits per heavy atom. The molecule has 0 radical (unpaired) electrons. The molecule has 1 aromatic carbocycles. The van der Waals surface area contributed by atoms with E-state index in [1.165, 1.54) is 7.11 Å². The molecule has 8 heteroatoms. The largest absolute Gasteiger partial charge is 0.383 e. The van der Waals surface area contributed by atoms with Crippen LogP contribution in [0, 0.1) is 0 Å². The summed E-state index contributed by atoms with van der Waals surface area (Å²) < 4.78 is 11.9. The van der Waals surface area contributed by atoms with Crippen LogP contribution in [0.3, 0.4) is 0 Å². The molecular formula is C22H34N4O4. The van der Waals surface area contributed by atoms with Gasteiger partial charge in [-0.1, -0.05) is 25.0 Å². The topological polar surface area (TPSA) is 99.7 Å². The zero-order chi connectivity index (χ0) is 21.9. The number of unbranched alkanes of at least 4 members (excludes halogenated alkanes) is 3. The molecule has 2 rings (SSSR count). The summed E-state index contributed by atoms with van der Waals surface area (Å²) in [4.78, 5) is 32.5. The first-order valence-corrected chi connectivity index (χ1v) is 10.5. The number of carbonyl (C=O) groups is 1. The zero-order valence-corrected chi connectivity index (χ0v) is 18.3. The van der Waals surface area contributed by atoms with Crippen LogP contribution in [0.25, 0.3) is 10.9 Å². The Kier molecular flexibility index (Phi) is 9.93. The SMILES string of the molecule is COCCn1c([C@H](C)N(CCCCCCN)C(=O)COC)nc2ccccc2c1=O. The molecule has 1 aromatic heterocycles. The van der Waals surface area contributed by atoms with Gasteiger partial charge in [0.25, 0.3) is 5.56 Å². The number of carbonyl (C=O) groups excluding carboxylic acids is 1. The number of hydrogen-bond acceptors (Lipinski definition) is 6. The molecule has 2 N–H and O–H groups in total. The number of nitrogens with zero attached hydrogens (tertiary/aromatic N) is 3. The van der Waals surface area contributed by atoms with E-state index in [4.69, 9.17) is 20.2 Å². The third-order valence-corrected chi connectivity index (χ3v) is 5.19. The minimum Gasteiger partial charge on any atom is -0.383 e. The molecule has 30 heavy (non-hydrogen) atoms. The summed E-state index contributed by atoms with van der Waals surface area (Å²) in [5.41, 5.74) is 6.07. The average Bonchev–Trinajstić information content (AvgIpc) is 2.75. The number of hydrogen-bond donors (Lipinski definition) is 1. The third kappa shape index (κ3) is 6.10. The Morgan fingerprint density at radius 3 is 2.60 bits per heavy atom. The van der Waals surface area contributed by atoms with Gasteiger partial charge in [-0.25, -0.2) is 4.98 Å². The van der Waals surface area contributed by atoms with Crippen molar-refractivity contribution in [2.45, 2.75) is 45.2 Å². The average molecular weight is 419 g/mol. The van der Waals surface area contributed by atoms with Gasteiger partial charge in [0, 0.05) is 20.8 Å². The summed E-state index contributed by atoms with van der Waals surface area (Å²) >= 11 is 0. The first-order valence-electron chi connectivity index (χ1n) is 10.5. The van der Waals surface area contributed by atoms with Gasteiger partial charge in [0.1, 0.15) is 12.4 Å². The summed E-state index contributed by atoms with van der Waals surface area (Å²) in [7, 11) is 3.10. The fraction of sp³-hybridized carbons (Fsp3) is 0.591. The Bertz CT molecular complexity index is 868. The number of fused-ring (bicyclic) bond motifs is 1. The smallest absolute Gasteiger partial charge is 0.261 e. The number of ether oxygens (including phenoxy) is 2. The molecule has 0 spiro atoms. The molecule has 0 aliphatic carbocycles. The van der Waals surface area contributed by atoms with E-state index in [1.54, 1.807) is 22.6 Å². The van der Waals surface area contributed by atoms with Crippen molar-refractivity contribution in [1.29, 1.82) is 0 Å². The van der Waals surface area contributed by atoms with Crippen molar-refractivity contribution in [1.82, 2.24) is 14.5 Å². The van der Waals surface area contributed by atoms with Crippen LogP contribution in [-0.4, -0.2) is 60.9 Å². The van der Waals surface area contributed by atoms with Crippen LogP contribution in [0.2, 0.25) is 0 Å². The number of benzene rings is 1. The lowest BCUT2D eigenvalue weighted by atomic mass is 10.1. The molecule has 0 saturated carbocycles. The fourth-order valence-corrected chi connectivity index (χ4v) is 3.56. The molecule has 0 aliphatic heterocycles. The Hall–Kier alpha value is -2.29. The number of methoxy groups -OCH3 is 2. The van der Waals surface area contributed by atoms with E-state index in [-0.39, 0.29) is 24.1 Å². The van der Waals surface area contributed by atoms with E-state index >= 15 is 0 Å². The van der Waals surface area contributed by atoms with Gasteiger partial charge in [-0.3, -0.25) is 14.2 Å². The molecule has 8 nitrogen and oxygen atoms in total. The van der Waals surface area contributed by atoms with Crippen LogP contribution in [0.5, 0.6) is 0 Å². The van der Waals surface area contributed by atoms with Gasteiger partial charge in [0.05, 0.1) is 30.1 Å². The summed E-state index contributed by atoms with van der Waals surface area (Å²) in [6.45, 7) is 3.90. The second kappa shape index (κ2) is 12.4. The summed E-state index contributed by atoms with van der Waals surface area (Å²) in [5.74, 6) is 0.437. The molecule has 1 amide bonds. The van der Waals surface area contributed by atoms with Gasteiger partial charge in [0.2, 0.25) is 5.91 Å². The van der Waals surface area contributed by atoms with Crippen molar-refractivity contribution in [3.63, 3.8) is 0 Å². The maximum atomic E-state index is 13.1. The maximum absolute atomic E-state index is 13.1. The van der Waals surface area contributed by atoms with Crippen LogP contribution in [-0.2, 0) is 20.8 Å². The minimum absolute atomic E-state index is 0.0109. The van der Waals surface area contributed by atoms with E-state index in [1.807, 2.05) is 25.1 Å². The summed E-state index contributed by atoms with van der Waals surface area (Å²) in [6, 6.07) is 6.89. The second-order valence-electron chi connectivity index (χ2n) is 7.34. The monoisotopic (exact) mass is 418 g/mol. The molecule has 0 fully saturated rings. The van der Waals surface area contributed by atoms with Gasteiger partial charge in [0.15, 0.2) is 0 Å². The van der Waals surface area contributed by atoms with E-state index in [0.717, 1.165) is 25.7 Å². The van der Waals surface area contributed by atoms with Crippen LogP contribution >= 0.6 is 0 Å². The van der Waals surface area contributed by atoms with Crippen molar-refractivity contribution in [2.24, 2.45) is 5.73 Å². The highest BCUT2D eigenvalue weighted by molar-refractivity contribution is 5.79. The minimum atomic E-state index is -0.378. The van der Waals surface area contributed by atoms with Gasteiger partial charge in [-0.15, -0.1) is 0 Å². The van der Waals surface area contributed by atoms with E-state index in [0.29, 0.717) is 43.0 Å². The number of amides is 1. The van der Waals surface area contributed by atoms with E-state index < -0.39 is 0 Å². The number of aromatic nitrogens is 2. The molecule has 0 aliphatic rings. The van der Waals surface area contributed by atoms with Crippen molar-refractivity contribution in [2.75, 3.05) is 40.5 Å². The molecule has 166 valence electrons.